The van der Waals surface area contributed by atoms with Gasteiger partial charge in [0.2, 0.25) is 0 Å². The largest absolute Gasteiger partial charge is 0.490 e. The van der Waals surface area contributed by atoms with Gasteiger partial charge in [0, 0.05) is 17.5 Å². The number of likely N-dealkylation sites (N-methyl/N-ethyl adjacent to an activating group) is 1. The molecule has 5 heteroatoms. The van der Waals surface area contributed by atoms with Crippen LogP contribution in [0.4, 0.5) is 4.39 Å². The van der Waals surface area contributed by atoms with Gasteiger partial charge in [0.15, 0.2) is 0 Å². The second-order valence-corrected chi connectivity index (χ2v) is 9.00. The van der Waals surface area contributed by atoms with Crippen LogP contribution in [0, 0.1) is 17.1 Å². The van der Waals surface area contributed by atoms with Crippen molar-refractivity contribution in [3.63, 3.8) is 0 Å². The lowest BCUT2D eigenvalue weighted by Gasteiger charge is -2.35. The molecule has 4 rings (SSSR count). The van der Waals surface area contributed by atoms with Crippen molar-refractivity contribution in [2.75, 3.05) is 20.7 Å². The van der Waals surface area contributed by atoms with Crippen LogP contribution in [0.3, 0.4) is 0 Å². The second-order valence-electron chi connectivity index (χ2n) is 9.00. The molecule has 31 heavy (non-hydrogen) atoms. The summed E-state index contributed by atoms with van der Waals surface area (Å²) in [5.41, 5.74) is 3.18. The van der Waals surface area contributed by atoms with Gasteiger partial charge < -0.3 is 14.4 Å². The van der Waals surface area contributed by atoms with Gasteiger partial charge in [-0.05, 0) is 88.3 Å². The number of nitriles is 1. The molecule has 3 atom stereocenters. The molecule has 1 spiro atoms. The smallest absolute Gasteiger partial charge is 0.127 e. The van der Waals surface area contributed by atoms with Crippen LogP contribution in [0.2, 0.25) is 0 Å². The van der Waals surface area contributed by atoms with Crippen LogP contribution in [-0.4, -0.2) is 43.3 Å². The Bertz CT molecular complexity index is 1020. The second kappa shape index (κ2) is 8.45. The number of ether oxygens (including phenoxy) is 2. The van der Waals surface area contributed by atoms with E-state index in [0.717, 1.165) is 35.3 Å². The van der Waals surface area contributed by atoms with Crippen molar-refractivity contribution in [1.29, 1.82) is 5.26 Å². The Balaban J connectivity index is 1.78. The van der Waals surface area contributed by atoms with E-state index in [2.05, 4.69) is 31.1 Å². The van der Waals surface area contributed by atoms with Crippen LogP contribution in [0.25, 0.3) is 5.57 Å². The van der Waals surface area contributed by atoms with E-state index in [9.17, 15) is 9.65 Å². The van der Waals surface area contributed by atoms with E-state index in [0.29, 0.717) is 12.2 Å². The highest BCUT2D eigenvalue weighted by Gasteiger charge is 2.52. The molecule has 162 valence electrons. The molecule has 2 aromatic rings. The third-order valence-corrected chi connectivity index (χ3v) is 6.37. The van der Waals surface area contributed by atoms with Crippen LogP contribution in [0.15, 0.2) is 48.5 Å². The lowest BCUT2D eigenvalue weighted by Crippen LogP contribution is -2.39. The number of hydrogen-bond acceptors (Lipinski definition) is 4. The summed E-state index contributed by atoms with van der Waals surface area (Å²) in [6.07, 6.45) is 4.14. The average Bonchev–Trinajstić information content (AvgIpc) is 3.33. The SMILES string of the molecule is CC(C)Oc1ccc(C#N)cc1C1=C[C@@]2(CC[C@H](N(C)C)[C@@H]2c2ccc(F)cc2)OC1. The zero-order valence-electron chi connectivity index (χ0n) is 18.6. The van der Waals surface area contributed by atoms with Gasteiger partial charge in [-0.3, -0.25) is 0 Å². The van der Waals surface area contributed by atoms with Crippen LogP contribution < -0.4 is 4.74 Å². The summed E-state index contributed by atoms with van der Waals surface area (Å²) >= 11 is 0. The van der Waals surface area contributed by atoms with Gasteiger partial charge in [0.1, 0.15) is 11.6 Å². The Labute approximate surface area is 183 Å². The Kier molecular flexibility index (Phi) is 5.88. The molecule has 0 N–H and O–H groups in total. The summed E-state index contributed by atoms with van der Waals surface area (Å²) in [4.78, 5) is 2.24. The van der Waals surface area contributed by atoms with Crippen molar-refractivity contribution in [2.24, 2.45) is 0 Å². The monoisotopic (exact) mass is 420 g/mol. The average molecular weight is 421 g/mol. The van der Waals surface area contributed by atoms with Crippen LogP contribution in [0.5, 0.6) is 5.75 Å². The van der Waals surface area contributed by atoms with Crippen molar-refractivity contribution < 1.29 is 13.9 Å². The minimum atomic E-state index is -0.458. The van der Waals surface area contributed by atoms with Crippen molar-refractivity contribution in [2.45, 2.75) is 50.4 Å². The molecule has 2 aromatic carbocycles. The molecule has 1 aliphatic carbocycles. The number of halogens is 1. The summed E-state index contributed by atoms with van der Waals surface area (Å²) in [6.45, 7) is 4.44. The molecular formula is C26H29FN2O2. The minimum absolute atomic E-state index is 0.0279. The highest BCUT2D eigenvalue weighted by Crippen LogP contribution is 2.52. The molecule has 1 heterocycles. The fourth-order valence-electron chi connectivity index (χ4n) is 5.03. The third-order valence-electron chi connectivity index (χ3n) is 6.37. The lowest BCUT2D eigenvalue weighted by atomic mass is 9.82. The highest BCUT2D eigenvalue weighted by atomic mass is 19.1. The molecule has 0 aromatic heterocycles. The van der Waals surface area contributed by atoms with E-state index >= 15 is 0 Å². The number of nitrogens with zero attached hydrogens (tertiary/aromatic N) is 2. The van der Waals surface area contributed by atoms with Gasteiger partial charge in [-0.25, -0.2) is 4.39 Å². The summed E-state index contributed by atoms with van der Waals surface area (Å²) in [7, 11) is 4.18. The van der Waals surface area contributed by atoms with Gasteiger partial charge in [-0.2, -0.15) is 5.26 Å². The topological polar surface area (TPSA) is 45.5 Å². The molecule has 0 unspecified atom stereocenters. The van der Waals surface area contributed by atoms with E-state index in [4.69, 9.17) is 9.47 Å². The third kappa shape index (κ3) is 4.11. The fraction of sp³-hybridized carbons (Fsp3) is 0.423. The zero-order valence-corrected chi connectivity index (χ0v) is 18.6. The van der Waals surface area contributed by atoms with Gasteiger partial charge in [-0.15, -0.1) is 0 Å². The van der Waals surface area contributed by atoms with Gasteiger partial charge in [0.05, 0.1) is 29.9 Å². The number of hydrogen-bond donors (Lipinski definition) is 0. The van der Waals surface area contributed by atoms with Crippen LogP contribution >= 0.6 is 0 Å². The number of benzene rings is 2. The van der Waals surface area contributed by atoms with E-state index in [1.165, 1.54) is 12.1 Å². The maximum absolute atomic E-state index is 13.6. The quantitative estimate of drug-likeness (QED) is 0.672. The highest BCUT2D eigenvalue weighted by molar-refractivity contribution is 5.75. The zero-order chi connectivity index (χ0) is 22.2. The molecule has 4 nitrogen and oxygen atoms in total. The first-order valence-corrected chi connectivity index (χ1v) is 10.8. The predicted molar refractivity (Wildman–Crippen MR) is 119 cm³/mol. The molecule has 1 aliphatic heterocycles. The fourth-order valence-corrected chi connectivity index (χ4v) is 5.03. The number of rotatable bonds is 5. The molecule has 0 bridgehead atoms. The van der Waals surface area contributed by atoms with E-state index < -0.39 is 5.60 Å². The Morgan fingerprint density at radius 3 is 2.58 bits per heavy atom. The Morgan fingerprint density at radius 1 is 1.19 bits per heavy atom. The van der Waals surface area contributed by atoms with Crippen LogP contribution in [-0.2, 0) is 4.74 Å². The van der Waals surface area contributed by atoms with E-state index in [1.54, 1.807) is 6.07 Å². The van der Waals surface area contributed by atoms with Gasteiger partial charge >= 0.3 is 0 Å². The van der Waals surface area contributed by atoms with Crippen molar-refractivity contribution in [3.05, 3.63) is 71.0 Å². The maximum atomic E-state index is 13.6. The van der Waals surface area contributed by atoms with Crippen LogP contribution in [0.1, 0.15) is 49.3 Å². The first kappa shape index (κ1) is 21.5. The molecule has 1 saturated carbocycles. The summed E-state index contributed by atoms with van der Waals surface area (Å²) in [6, 6.07) is 14.9. The molecule has 0 radical (unpaired) electrons. The first-order valence-electron chi connectivity index (χ1n) is 10.8. The standard InChI is InChI=1S/C26H29FN2O2/c1-17(2)31-24-10-5-18(15-28)13-22(24)20-14-26(30-16-20)12-11-23(29(3)4)25(26)19-6-8-21(27)9-7-19/h5-10,13-14,17,23,25H,11-12,16H2,1-4H3/t23-,25-,26+/m0/s1. The summed E-state index contributed by atoms with van der Waals surface area (Å²) < 4.78 is 26.2. The lowest BCUT2D eigenvalue weighted by molar-refractivity contribution is 0.0117. The van der Waals surface area contributed by atoms with Gasteiger partial charge in [-0.1, -0.05) is 12.1 Å². The maximum Gasteiger partial charge on any atom is 0.127 e. The Morgan fingerprint density at radius 2 is 1.94 bits per heavy atom. The molecule has 0 saturated heterocycles. The normalized spacial score (nSPS) is 25.3. The predicted octanol–water partition coefficient (Wildman–Crippen LogP) is 5.14. The van der Waals surface area contributed by atoms with Crippen molar-refractivity contribution >= 4 is 5.57 Å². The molecule has 2 aliphatic rings. The van der Waals surface area contributed by atoms with Crippen molar-refractivity contribution in [3.8, 4) is 11.8 Å². The minimum Gasteiger partial charge on any atom is -0.490 e. The molecule has 0 amide bonds. The van der Waals surface area contributed by atoms with E-state index in [1.807, 2.05) is 38.1 Å². The molecular weight excluding hydrogens is 391 g/mol. The first-order chi connectivity index (χ1) is 14.8. The Hall–Kier alpha value is -2.68. The summed E-state index contributed by atoms with van der Waals surface area (Å²) in [5.74, 6) is 0.625. The summed E-state index contributed by atoms with van der Waals surface area (Å²) in [5, 5.41) is 9.41. The van der Waals surface area contributed by atoms with Crippen molar-refractivity contribution in [1.82, 2.24) is 4.90 Å². The van der Waals surface area contributed by atoms with Gasteiger partial charge in [0.25, 0.3) is 0 Å². The molecule has 1 fully saturated rings. The van der Waals surface area contributed by atoms with E-state index in [-0.39, 0.29) is 23.9 Å².